The van der Waals surface area contributed by atoms with Gasteiger partial charge in [-0.25, -0.2) is 9.59 Å². The minimum absolute atomic E-state index is 0.00119. The second-order valence-electron chi connectivity index (χ2n) is 18.0. The number of phenolic OH excluding ortho intramolecular Hbond substituents is 1. The summed E-state index contributed by atoms with van der Waals surface area (Å²) in [6.45, 7) is 14.9. The van der Waals surface area contributed by atoms with Crippen LogP contribution in [0.15, 0.2) is 111 Å². The number of benzene rings is 4. The Morgan fingerprint density at radius 3 is 2.49 bits per heavy atom. The van der Waals surface area contributed by atoms with Crippen LogP contribution in [0.3, 0.4) is 0 Å². The predicted molar refractivity (Wildman–Crippen MR) is 244 cm³/mol. The molecule has 3 aliphatic heterocycles. The van der Waals surface area contributed by atoms with Crippen molar-refractivity contribution in [2.45, 2.75) is 77.0 Å². The van der Waals surface area contributed by atoms with E-state index in [1.165, 1.54) is 6.07 Å². The van der Waals surface area contributed by atoms with E-state index >= 15 is 0 Å². The molecule has 3 aliphatic rings. The smallest absolute Gasteiger partial charge is 0.420 e. The van der Waals surface area contributed by atoms with Gasteiger partial charge in [0, 0.05) is 43.2 Å². The highest BCUT2D eigenvalue weighted by Crippen LogP contribution is 2.42. The van der Waals surface area contributed by atoms with Gasteiger partial charge in [0.05, 0.1) is 28.9 Å². The van der Waals surface area contributed by atoms with Gasteiger partial charge in [-0.3, -0.25) is 14.3 Å². The molecule has 6 aromatic rings. The predicted octanol–water partition coefficient (Wildman–Crippen LogP) is 8.95. The number of aromatic amines is 1. The summed E-state index contributed by atoms with van der Waals surface area (Å²) >= 11 is 0. The first-order valence-corrected chi connectivity index (χ1v) is 24.0. The number of rotatable bonds is 13. The van der Waals surface area contributed by atoms with Gasteiger partial charge in [0.1, 0.15) is 5.75 Å². The maximum Gasteiger partial charge on any atom is 0.420 e. The van der Waals surface area contributed by atoms with Gasteiger partial charge in [-0.1, -0.05) is 87.5 Å². The van der Waals surface area contributed by atoms with E-state index in [-0.39, 0.29) is 35.0 Å². The van der Waals surface area contributed by atoms with Crippen molar-refractivity contribution in [1.82, 2.24) is 19.8 Å². The van der Waals surface area contributed by atoms with Gasteiger partial charge in [-0.05, 0) is 103 Å². The summed E-state index contributed by atoms with van der Waals surface area (Å²) in [6.07, 6.45) is 4.50. The molecule has 5 heterocycles. The number of amides is 1. The van der Waals surface area contributed by atoms with E-state index in [9.17, 15) is 24.6 Å². The number of carboxylic acid groups (broad SMARTS) is 1. The van der Waals surface area contributed by atoms with Crippen LogP contribution < -0.4 is 21.5 Å². The van der Waals surface area contributed by atoms with Gasteiger partial charge < -0.3 is 34.3 Å². The molecule has 3 saturated heterocycles. The van der Waals surface area contributed by atoms with Crippen molar-refractivity contribution in [3.8, 4) is 16.9 Å². The molecule has 2 aromatic heterocycles. The number of piperidine rings is 3. The fourth-order valence-corrected chi connectivity index (χ4v) is 9.96. The summed E-state index contributed by atoms with van der Waals surface area (Å²) < 4.78 is 14.3. The largest absolute Gasteiger partial charge is 0.506 e. The van der Waals surface area contributed by atoms with Crippen molar-refractivity contribution in [3.63, 3.8) is 0 Å². The van der Waals surface area contributed by atoms with Gasteiger partial charge in [-0.15, -0.1) is 0 Å². The molecule has 1 unspecified atom stereocenters. The Balaban J connectivity index is 1.00. The first-order chi connectivity index (χ1) is 29.2. The number of allylic oxidation sites excluding steroid dienone is 1. The molecule has 4 aromatic carbocycles. The Labute approximate surface area is 356 Å². The number of carbonyl (C=O) groups is 1. The average molecular weight is 842 g/mol. The number of aromatic hydroxyl groups is 1. The number of fused-ring (bicyclic) bond motifs is 5. The molecule has 61 heavy (non-hydrogen) atoms. The third-order valence-electron chi connectivity index (χ3n) is 13.0. The van der Waals surface area contributed by atoms with Gasteiger partial charge in [0.2, 0.25) is 5.56 Å². The van der Waals surface area contributed by atoms with Gasteiger partial charge in [0.15, 0.2) is 13.9 Å². The number of oxazole rings is 1. The summed E-state index contributed by atoms with van der Waals surface area (Å²) in [5, 5.41) is 25.5. The fraction of sp³-hybridized carbons (Fsp3) is 0.354. The van der Waals surface area contributed by atoms with Crippen LogP contribution in [-0.4, -0.2) is 71.3 Å². The molecule has 1 amide bonds. The molecule has 0 saturated carbocycles. The van der Waals surface area contributed by atoms with Crippen LogP contribution >= 0.6 is 0 Å². The molecule has 13 heteroatoms. The summed E-state index contributed by atoms with van der Waals surface area (Å²) in [7, 11) is -2.26. The zero-order valence-electron chi connectivity index (χ0n) is 35.5. The van der Waals surface area contributed by atoms with Crippen LogP contribution in [0.25, 0.3) is 39.2 Å². The summed E-state index contributed by atoms with van der Waals surface area (Å²) in [4.78, 5) is 45.1. The van der Waals surface area contributed by atoms with Crippen LogP contribution in [0.2, 0.25) is 18.1 Å². The van der Waals surface area contributed by atoms with Crippen LogP contribution in [0.1, 0.15) is 56.4 Å². The number of hydrogen-bond donors (Lipinski definition) is 4. The maximum atomic E-state index is 13.2. The van der Waals surface area contributed by atoms with Crippen molar-refractivity contribution in [3.05, 3.63) is 135 Å². The molecule has 0 radical (unpaired) electrons. The number of nitrogens with zero attached hydrogens (tertiary/aromatic N) is 3. The minimum Gasteiger partial charge on any atom is -0.506 e. The average Bonchev–Trinajstić information content (AvgIpc) is 3.54. The van der Waals surface area contributed by atoms with E-state index in [2.05, 4.69) is 49.1 Å². The molecule has 2 atom stereocenters. The fourth-order valence-electron chi connectivity index (χ4n) is 8.69. The molecule has 318 valence electrons. The molecule has 4 N–H and O–H groups in total. The van der Waals surface area contributed by atoms with E-state index in [1.807, 2.05) is 84.9 Å². The second kappa shape index (κ2) is 17.0. The van der Waals surface area contributed by atoms with E-state index in [0.717, 1.165) is 65.7 Å². The van der Waals surface area contributed by atoms with Crippen molar-refractivity contribution in [2.75, 3.05) is 31.1 Å². The van der Waals surface area contributed by atoms with Crippen molar-refractivity contribution in [2.24, 2.45) is 5.92 Å². The Kier molecular flexibility index (Phi) is 11.7. The van der Waals surface area contributed by atoms with Crippen molar-refractivity contribution < 1.29 is 23.9 Å². The third-order valence-corrected chi connectivity index (χ3v) is 17.5. The van der Waals surface area contributed by atoms with Crippen molar-refractivity contribution in [1.29, 1.82) is 0 Å². The van der Waals surface area contributed by atoms with E-state index in [0.29, 0.717) is 41.3 Å². The van der Waals surface area contributed by atoms with Crippen LogP contribution in [0, 0.1) is 5.92 Å². The molecule has 0 spiro atoms. The topological polar surface area (TPSA) is 153 Å². The normalized spacial score (nSPS) is 18.6. The third kappa shape index (κ3) is 8.74. The Morgan fingerprint density at radius 1 is 1.02 bits per heavy atom. The Hall–Kier alpha value is -5.73. The summed E-state index contributed by atoms with van der Waals surface area (Å²) in [5.74, 6) is -0.148. The first-order valence-electron chi connectivity index (χ1n) is 21.1. The van der Waals surface area contributed by atoms with Crippen LogP contribution in [0.5, 0.6) is 5.75 Å². The molecule has 0 aliphatic carbocycles. The molecular weight excluding hydrogens is 787 g/mol. The number of nitrogens with one attached hydrogen (secondary N) is 2. The van der Waals surface area contributed by atoms with E-state index in [1.54, 1.807) is 21.6 Å². The second-order valence-corrected chi connectivity index (χ2v) is 22.7. The summed E-state index contributed by atoms with van der Waals surface area (Å²) in [5.41, 5.74) is 6.34. The number of hydrogen-bond acceptors (Lipinski definition) is 8. The Morgan fingerprint density at radius 2 is 1.79 bits per heavy atom. The van der Waals surface area contributed by atoms with Gasteiger partial charge in [0.25, 0.3) is 0 Å². The lowest BCUT2D eigenvalue weighted by molar-refractivity contribution is 0.0838. The first kappa shape index (κ1) is 42.0. The lowest BCUT2D eigenvalue weighted by atomic mass is 9.82. The van der Waals surface area contributed by atoms with Crippen LogP contribution in [-0.2, 0) is 17.5 Å². The molecular formula is C48H55N5O7Si. The number of H-pyrrole nitrogens is 1. The summed E-state index contributed by atoms with van der Waals surface area (Å²) in [6, 6.07) is 28.1. The molecule has 12 nitrogen and oxygen atoms in total. The zero-order chi connectivity index (χ0) is 43.1. The lowest BCUT2D eigenvalue weighted by Gasteiger charge is -2.48. The lowest BCUT2D eigenvalue weighted by Crippen LogP contribution is -2.59. The van der Waals surface area contributed by atoms with E-state index < -0.39 is 20.2 Å². The highest BCUT2D eigenvalue weighted by molar-refractivity contribution is 6.74. The number of anilines is 1. The maximum absolute atomic E-state index is 13.2. The quantitative estimate of drug-likeness (QED) is 0.0835. The monoisotopic (exact) mass is 841 g/mol. The highest BCUT2D eigenvalue weighted by atomic mass is 28.4. The molecule has 9 rings (SSSR count). The Bertz CT molecular complexity index is 2710. The van der Waals surface area contributed by atoms with Gasteiger partial charge >= 0.3 is 11.8 Å². The van der Waals surface area contributed by atoms with Gasteiger partial charge in [-0.2, -0.15) is 0 Å². The van der Waals surface area contributed by atoms with E-state index in [4.69, 9.17) is 8.84 Å². The van der Waals surface area contributed by atoms with Crippen molar-refractivity contribution >= 4 is 48.2 Å². The SMILES string of the molecule is CC(C)(C)[Si](C)(C)O[C@@H](CNCc1ccc2c(c1)oc(=O)n2CC=Cc1ccc(-c2ccccc2)c(N(C(=O)O)C2CN3CCC2CC3)c1)c1ccc(O)c2[nH]c(=O)ccc12. The highest BCUT2D eigenvalue weighted by Gasteiger charge is 2.41. The molecule has 3 fully saturated rings. The number of aromatic nitrogens is 2. The van der Waals surface area contributed by atoms with Crippen LogP contribution in [0.4, 0.5) is 10.5 Å². The minimum atomic E-state index is -2.26. The number of phenols is 1. The zero-order valence-corrected chi connectivity index (χ0v) is 36.5. The standard InChI is InChI=1S/C48H55N5O7Si/c1-48(2,3)61(4,5)60-43(36-16-19-41(54)45-37(36)17-20-44(55)50-45)29-49-28-32-14-18-38-42(27-32)59-47(58)52(38)23-9-10-31-13-15-35(33-11-7-6-8-12-33)39(26-31)53(46(56)57)40-30-51-24-21-34(40)22-25-51/h6-20,26-27,34,40,43,49,54H,21-25,28-30H2,1-5H3,(H,50,55)(H,56,57)/t40?,43-/m0/s1. The molecule has 2 bridgehead atoms. The number of pyridine rings is 1.